The van der Waals surface area contributed by atoms with E-state index in [-0.39, 0.29) is 18.7 Å². The molecule has 9 nitrogen and oxygen atoms in total. The number of hydrogen-bond donors (Lipinski definition) is 5. The third-order valence-corrected chi connectivity index (χ3v) is 8.35. The number of rotatable bonds is 21. The van der Waals surface area contributed by atoms with Crippen molar-refractivity contribution in [1.29, 1.82) is 0 Å². The van der Waals surface area contributed by atoms with Crippen molar-refractivity contribution in [3.63, 3.8) is 0 Å². The Bertz CT molecular complexity index is 1120. The fraction of sp³-hybridized carbons (Fsp3) is 0.611. The molecule has 0 spiro atoms. The third-order valence-electron chi connectivity index (χ3n) is 8.35. The molecule has 0 aliphatic carbocycles. The van der Waals surface area contributed by atoms with Gasteiger partial charge in [0, 0.05) is 25.4 Å². The Morgan fingerprint density at radius 2 is 1.53 bits per heavy atom. The normalized spacial score (nSPS) is 14.8. The molecule has 1 heterocycles. The molecule has 0 aliphatic heterocycles. The topological polar surface area (TPSA) is 141 Å². The van der Waals surface area contributed by atoms with Crippen LogP contribution in [0.25, 0.3) is 0 Å². The van der Waals surface area contributed by atoms with Crippen molar-refractivity contribution in [3.05, 3.63) is 66.0 Å². The molecule has 45 heavy (non-hydrogen) atoms. The molecule has 1 unspecified atom stereocenters. The van der Waals surface area contributed by atoms with Crippen LogP contribution in [0.5, 0.6) is 0 Å². The number of amides is 3. The lowest BCUT2D eigenvalue weighted by molar-refractivity contribution is -0.128. The maximum Gasteiger partial charge on any atom is 0.253 e. The average molecular weight is 625 g/mol. The van der Waals surface area contributed by atoms with E-state index in [1.165, 1.54) is 6.20 Å². The number of aliphatic hydroxyl groups excluding tert-OH is 2. The Labute approximate surface area is 270 Å². The number of hydrogen-bond acceptors (Lipinski definition) is 6. The molecular formula is C36H56N4O5. The summed E-state index contributed by atoms with van der Waals surface area (Å²) in [6.07, 6.45) is 6.62. The minimum absolute atomic E-state index is 0.0630. The first kappa shape index (κ1) is 37.9. The van der Waals surface area contributed by atoms with Crippen LogP contribution in [0, 0.1) is 17.8 Å². The van der Waals surface area contributed by atoms with Crippen molar-refractivity contribution < 1.29 is 24.6 Å². The third kappa shape index (κ3) is 13.7. The molecule has 0 fully saturated rings. The van der Waals surface area contributed by atoms with Gasteiger partial charge in [0.1, 0.15) is 12.1 Å². The zero-order chi connectivity index (χ0) is 33.2. The number of carbonyl (C=O) groups is 3. The molecule has 250 valence electrons. The standard InChI is InChI=1S/C36H56N4O5/c1-6-13-26(14-7-2)18-19-30(39-35(44)29-17-12-20-37-24-29)36(45)40-31(21-27-15-10-9-11-16-27)34(43)33(42)28(8-3)22-32(41)38-23-25(4)5/h9-12,15-17,20,24-26,28,30-31,33-34,42-43H,6-8,13-14,18-19,21-23H2,1-5H3,(H,38,41)(H,39,44)(H,40,45)/t28-,30?,31+,33-,34-/m1/s1. The fourth-order valence-electron chi connectivity index (χ4n) is 5.72. The van der Waals surface area contributed by atoms with E-state index in [9.17, 15) is 24.6 Å². The molecule has 0 saturated heterocycles. The zero-order valence-electron chi connectivity index (χ0n) is 27.9. The summed E-state index contributed by atoms with van der Waals surface area (Å²) < 4.78 is 0. The molecule has 5 atom stereocenters. The largest absolute Gasteiger partial charge is 0.390 e. The minimum Gasteiger partial charge on any atom is -0.390 e. The van der Waals surface area contributed by atoms with E-state index in [4.69, 9.17) is 0 Å². The van der Waals surface area contributed by atoms with Crippen molar-refractivity contribution in [3.8, 4) is 0 Å². The van der Waals surface area contributed by atoms with Gasteiger partial charge >= 0.3 is 0 Å². The quantitative estimate of drug-likeness (QED) is 0.135. The summed E-state index contributed by atoms with van der Waals surface area (Å²) in [7, 11) is 0. The Morgan fingerprint density at radius 3 is 2.11 bits per heavy atom. The van der Waals surface area contributed by atoms with E-state index >= 15 is 0 Å². The number of pyridine rings is 1. The van der Waals surface area contributed by atoms with Crippen LogP contribution >= 0.6 is 0 Å². The van der Waals surface area contributed by atoms with Gasteiger partial charge in [-0.3, -0.25) is 19.4 Å². The molecule has 0 aliphatic rings. The number of aromatic nitrogens is 1. The van der Waals surface area contributed by atoms with Gasteiger partial charge in [0.25, 0.3) is 5.91 Å². The van der Waals surface area contributed by atoms with Gasteiger partial charge in [0.05, 0.1) is 17.7 Å². The Morgan fingerprint density at radius 1 is 0.844 bits per heavy atom. The minimum atomic E-state index is -1.35. The Balaban J connectivity index is 2.30. The first-order chi connectivity index (χ1) is 21.6. The van der Waals surface area contributed by atoms with Gasteiger partial charge < -0.3 is 26.2 Å². The average Bonchev–Trinajstić information content (AvgIpc) is 3.04. The number of nitrogens with zero attached hydrogens (tertiary/aromatic N) is 1. The van der Waals surface area contributed by atoms with E-state index in [1.54, 1.807) is 18.3 Å². The maximum atomic E-state index is 13.9. The summed E-state index contributed by atoms with van der Waals surface area (Å²) in [6, 6.07) is 11.1. The molecule has 0 saturated carbocycles. The highest BCUT2D eigenvalue weighted by Crippen LogP contribution is 2.23. The molecule has 2 aromatic rings. The van der Waals surface area contributed by atoms with Gasteiger partial charge in [-0.15, -0.1) is 0 Å². The molecule has 5 N–H and O–H groups in total. The Kier molecular flexibility index (Phi) is 17.4. The van der Waals surface area contributed by atoms with E-state index in [1.807, 2.05) is 51.1 Å². The predicted molar refractivity (Wildman–Crippen MR) is 178 cm³/mol. The van der Waals surface area contributed by atoms with Gasteiger partial charge in [-0.2, -0.15) is 0 Å². The summed E-state index contributed by atoms with van der Waals surface area (Å²) >= 11 is 0. The number of nitrogens with one attached hydrogen (secondary N) is 3. The molecule has 1 aromatic carbocycles. The highest BCUT2D eigenvalue weighted by Gasteiger charge is 2.35. The van der Waals surface area contributed by atoms with Crippen LogP contribution in [-0.2, 0) is 16.0 Å². The van der Waals surface area contributed by atoms with Gasteiger partial charge in [-0.25, -0.2) is 0 Å². The predicted octanol–water partition coefficient (Wildman–Crippen LogP) is 4.81. The summed E-state index contributed by atoms with van der Waals surface area (Å²) in [5.41, 5.74) is 1.23. The second-order valence-electron chi connectivity index (χ2n) is 12.6. The van der Waals surface area contributed by atoms with Crippen molar-refractivity contribution >= 4 is 17.7 Å². The number of benzene rings is 1. The molecule has 0 radical (unpaired) electrons. The van der Waals surface area contributed by atoms with Crippen molar-refractivity contribution in [2.24, 2.45) is 17.8 Å². The van der Waals surface area contributed by atoms with Crippen LogP contribution in [0.4, 0.5) is 0 Å². The molecule has 3 amide bonds. The smallest absolute Gasteiger partial charge is 0.253 e. The van der Waals surface area contributed by atoms with Crippen LogP contribution in [0.2, 0.25) is 0 Å². The number of aliphatic hydroxyl groups is 2. The molecule has 0 bridgehead atoms. The van der Waals surface area contributed by atoms with E-state index < -0.39 is 42.0 Å². The van der Waals surface area contributed by atoms with Gasteiger partial charge in [0.2, 0.25) is 11.8 Å². The zero-order valence-corrected chi connectivity index (χ0v) is 27.9. The second kappa shape index (κ2) is 20.7. The highest BCUT2D eigenvalue weighted by atomic mass is 16.3. The maximum absolute atomic E-state index is 13.9. The van der Waals surface area contributed by atoms with E-state index in [0.717, 1.165) is 37.7 Å². The summed E-state index contributed by atoms with van der Waals surface area (Å²) in [5.74, 6) is -0.783. The Hall–Kier alpha value is -3.30. The monoisotopic (exact) mass is 624 g/mol. The van der Waals surface area contributed by atoms with Gasteiger partial charge in [0.15, 0.2) is 0 Å². The fourth-order valence-corrected chi connectivity index (χ4v) is 5.72. The van der Waals surface area contributed by atoms with Crippen LogP contribution in [0.3, 0.4) is 0 Å². The van der Waals surface area contributed by atoms with Crippen LogP contribution in [-0.4, -0.2) is 63.8 Å². The molecular weight excluding hydrogens is 568 g/mol. The first-order valence-corrected chi connectivity index (χ1v) is 16.8. The second-order valence-corrected chi connectivity index (χ2v) is 12.6. The van der Waals surface area contributed by atoms with Crippen LogP contribution < -0.4 is 16.0 Å². The van der Waals surface area contributed by atoms with E-state index in [2.05, 4.69) is 34.8 Å². The lowest BCUT2D eigenvalue weighted by Gasteiger charge is -2.33. The first-order valence-electron chi connectivity index (χ1n) is 16.8. The number of carbonyl (C=O) groups excluding carboxylic acids is 3. The molecule has 2 rings (SSSR count). The van der Waals surface area contributed by atoms with Crippen LogP contribution in [0.1, 0.15) is 102 Å². The summed E-state index contributed by atoms with van der Waals surface area (Å²) in [4.78, 5) is 43.7. The van der Waals surface area contributed by atoms with Crippen molar-refractivity contribution in [2.45, 2.75) is 117 Å². The van der Waals surface area contributed by atoms with Gasteiger partial charge in [-0.1, -0.05) is 97.1 Å². The lowest BCUT2D eigenvalue weighted by Crippen LogP contribution is -2.56. The summed E-state index contributed by atoms with van der Waals surface area (Å²) in [5, 5.41) is 31.6. The molecule has 1 aromatic heterocycles. The lowest BCUT2D eigenvalue weighted by atomic mass is 9.86. The van der Waals surface area contributed by atoms with E-state index in [0.29, 0.717) is 36.8 Å². The molecule has 9 heteroatoms. The summed E-state index contributed by atoms with van der Waals surface area (Å²) in [6.45, 7) is 10.7. The van der Waals surface area contributed by atoms with Gasteiger partial charge in [-0.05, 0) is 54.7 Å². The van der Waals surface area contributed by atoms with Crippen molar-refractivity contribution in [1.82, 2.24) is 20.9 Å². The highest BCUT2D eigenvalue weighted by molar-refractivity contribution is 5.97. The van der Waals surface area contributed by atoms with Crippen molar-refractivity contribution in [2.75, 3.05) is 6.54 Å². The SMILES string of the molecule is CCCC(CCC)CCC(NC(=O)c1cccnc1)C(=O)N[C@@H](Cc1ccccc1)[C@@H](O)[C@H](O)[C@H](CC)CC(=O)NCC(C)C. The van der Waals surface area contributed by atoms with Crippen LogP contribution in [0.15, 0.2) is 54.9 Å².